The normalized spacial score (nSPS) is 10.3. The Labute approximate surface area is 65.0 Å². The lowest BCUT2D eigenvalue weighted by Crippen LogP contribution is -1.97. The molecule has 0 aliphatic heterocycles. The number of hydrogen-bond acceptors (Lipinski definition) is 2. The van der Waals surface area contributed by atoms with E-state index in [0.717, 1.165) is 17.8 Å². The van der Waals surface area contributed by atoms with Crippen molar-refractivity contribution in [2.24, 2.45) is 7.05 Å². The Morgan fingerprint density at radius 1 is 1.60 bits per heavy atom. The molecule has 1 rings (SSSR count). The maximum Gasteiger partial charge on any atom is 0.101 e. The first kappa shape index (κ1) is 7.54. The quantitative estimate of drug-likeness (QED) is 0.606. The van der Waals surface area contributed by atoms with Crippen LogP contribution in [0.5, 0.6) is 0 Å². The van der Waals surface area contributed by atoms with Crippen LogP contribution in [0, 0.1) is 0 Å². The third kappa shape index (κ3) is 1.14. The summed E-state index contributed by atoms with van der Waals surface area (Å²) in [4.78, 5) is 0. The van der Waals surface area contributed by atoms with Crippen molar-refractivity contribution in [2.45, 2.75) is 19.2 Å². The molecule has 1 heterocycles. The highest BCUT2D eigenvalue weighted by Gasteiger charge is 2.05. The van der Waals surface area contributed by atoms with Crippen LogP contribution in [0.2, 0.25) is 0 Å². The number of aryl methyl sites for hydroxylation is 1. The van der Waals surface area contributed by atoms with E-state index in [2.05, 4.69) is 17.2 Å². The molecule has 4 heteroatoms. The molecular formula is C6H10ClN3. The molecule has 10 heavy (non-hydrogen) atoms. The lowest BCUT2D eigenvalue weighted by Gasteiger charge is -1.95. The van der Waals surface area contributed by atoms with Crippen molar-refractivity contribution in [3.63, 3.8) is 0 Å². The van der Waals surface area contributed by atoms with Gasteiger partial charge in [0.25, 0.3) is 0 Å². The average Bonchev–Trinajstić information content (AvgIpc) is 2.30. The summed E-state index contributed by atoms with van der Waals surface area (Å²) in [5.41, 5.74) is 2.02. The van der Waals surface area contributed by atoms with E-state index in [9.17, 15) is 0 Å². The van der Waals surface area contributed by atoms with Crippen molar-refractivity contribution >= 4 is 11.6 Å². The first-order valence-corrected chi connectivity index (χ1v) is 3.76. The zero-order chi connectivity index (χ0) is 7.56. The molecule has 0 saturated heterocycles. The Balaban J connectivity index is 3.01. The second-order valence-corrected chi connectivity index (χ2v) is 2.36. The van der Waals surface area contributed by atoms with E-state index in [4.69, 9.17) is 11.6 Å². The van der Waals surface area contributed by atoms with Gasteiger partial charge in [-0.15, -0.1) is 16.7 Å². The number of halogens is 1. The highest BCUT2D eigenvalue weighted by molar-refractivity contribution is 6.16. The zero-order valence-corrected chi connectivity index (χ0v) is 6.89. The maximum atomic E-state index is 5.61. The van der Waals surface area contributed by atoms with E-state index in [-0.39, 0.29) is 0 Å². The summed E-state index contributed by atoms with van der Waals surface area (Å²) in [7, 11) is 1.88. The summed E-state index contributed by atoms with van der Waals surface area (Å²) in [6, 6.07) is 0. The lowest BCUT2D eigenvalue weighted by atomic mass is 10.3. The summed E-state index contributed by atoms with van der Waals surface area (Å²) in [6.07, 6.45) is 0.936. The van der Waals surface area contributed by atoms with Crippen molar-refractivity contribution in [2.75, 3.05) is 0 Å². The minimum absolute atomic E-state index is 0.455. The fraction of sp³-hybridized carbons (Fsp3) is 0.667. The van der Waals surface area contributed by atoms with E-state index >= 15 is 0 Å². The van der Waals surface area contributed by atoms with Gasteiger partial charge in [-0.3, -0.25) is 4.68 Å². The Hall–Kier alpha value is -0.570. The van der Waals surface area contributed by atoms with Gasteiger partial charge in [0.15, 0.2) is 0 Å². The molecule has 56 valence electrons. The van der Waals surface area contributed by atoms with E-state index in [1.54, 1.807) is 4.68 Å². The minimum atomic E-state index is 0.455. The van der Waals surface area contributed by atoms with Crippen molar-refractivity contribution in [1.29, 1.82) is 0 Å². The second kappa shape index (κ2) is 3.01. The molecule has 3 nitrogen and oxygen atoms in total. The molecule has 0 aliphatic rings. The van der Waals surface area contributed by atoms with Gasteiger partial charge in [-0.05, 0) is 6.42 Å². The van der Waals surface area contributed by atoms with Crippen molar-refractivity contribution in [3.05, 3.63) is 11.4 Å². The molecule has 0 atom stereocenters. The van der Waals surface area contributed by atoms with Crippen LogP contribution >= 0.6 is 11.6 Å². The molecule has 0 fully saturated rings. The van der Waals surface area contributed by atoms with Crippen LogP contribution < -0.4 is 0 Å². The molecule has 1 aromatic rings. The van der Waals surface area contributed by atoms with Crippen LogP contribution in [0.3, 0.4) is 0 Å². The third-order valence-corrected chi connectivity index (χ3v) is 1.74. The van der Waals surface area contributed by atoms with Gasteiger partial charge in [0.05, 0.1) is 11.6 Å². The monoisotopic (exact) mass is 159 g/mol. The highest BCUT2D eigenvalue weighted by Crippen LogP contribution is 2.06. The van der Waals surface area contributed by atoms with Crippen molar-refractivity contribution in [1.82, 2.24) is 15.0 Å². The molecule has 0 unspecified atom stereocenters. The molecule has 0 N–H and O–H groups in total. The molecule has 0 aromatic carbocycles. The van der Waals surface area contributed by atoms with Crippen LogP contribution in [0.15, 0.2) is 0 Å². The molecule has 1 aromatic heterocycles. The summed E-state index contributed by atoms with van der Waals surface area (Å²) in [5, 5.41) is 7.73. The van der Waals surface area contributed by atoms with Gasteiger partial charge in [-0.1, -0.05) is 12.1 Å². The van der Waals surface area contributed by atoms with Gasteiger partial charge >= 0.3 is 0 Å². The molecule has 0 amide bonds. The maximum absolute atomic E-state index is 5.61. The van der Waals surface area contributed by atoms with Crippen LogP contribution in [0.25, 0.3) is 0 Å². The van der Waals surface area contributed by atoms with Gasteiger partial charge in [-0.25, -0.2) is 0 Å². The van der Waals surface area contributed by atoms with E-state index in [1.807, 2.05) is 7.05 Å². The van der Waals surface area contributed by atoms with Crippen LogP contribution in [-0.2, 0) is 19.3 Å². The van der Waals surface area contributed by atoms with E-state index in [1.165, 1.54) is 0 Å². The Kier molecular flexibility index (Phi) is 2.27. The fourth-order valence-corrected chi connectivity index (χ4v) is 1.16. The van der Waals surface area contributed by atoms with Crippen LogP contribution in [0.1, 0.15) is 18.3 Å². The van der Waals surface area contributed by atoms with Crippen LogP contribution in [-0.4, -0.2) is 15.0 Å². The van der Waals surface area contributed by atoms with Gasteiger partial charge in [0, 0.05) is 7.05 Å². The second-order valence-electron chi connectivity index (χ2n) is 2.09. The SMILES string of the molecule is CCc1c(CCl)nnn1C. The zero-order valence-electron chi connectivity index (χ0n) is 6.13. The van der Waals surface area contributed by atoms with Crippen LogP contribution in [0.4, 0.5) is 0 Å². The van der Waals surface area contributed by atoms with Gasteiger partial charge < -0.3 is 0 Å². The summed E-state index contributed by atoms with van der Waals surface area (Å²) in [5.74, 6) is 0.455. The number of rotatable bonds is 2. The summed E-state index contributed by atoms with van der Waals surface area (Å²) in [6.45, 7) is 2.06. The number of aromatic nitrogens is 3. The first-order valence-electron chi connectivity index (χ1n) is 3.23. The lowest BCUT2D eigenvalue weighted by molar-refractivity contribution is 0.682. The van der Waals surface area contributed by atoms with Gasteiger partial charge in [0.2, 0.25) is 0 Å². The Bertz CT molecular complexity index is 219. The first-order chi connectivity index (χ1) is 4.79. The Morgan fingerprint density at radius 2 is 2.30 bits per heavy atom. The smallest absolute Gasteiger partial charge is 0.101 e. The third-order valence-electron chi connectivity index (χ3n) is 1.48. The largest absolute Gasteiger partial charge is 0.252 e. The molecule has 0 radical (unpaired) electrons. The number of hydrogen-bond donors (Lipinski definition) is 0. The van der Waals surface area contributed by atoms with Gasteiger partial charge in [-0.2, -0.15) is 0 Å². The summed E-state index contributed by atoms with van der Waals surface area (Å²) >= 11 is 5.61. The molecule has 0 saturated carbocycles. The molecular weight excluding hydrogens is 150 g/mol. The number of nitrogens with zero attached hydrogens (tertiary/aromatic N) is 3. The predicted molar refractivity (Wildman–Crippen MR) is 39.9 cm³/mol. The molecule has 0 spiro atoms. The Morgan fingerprint density at radius 3 is 2.70 bits per heavy atom. The van der Waals surface area contributed by atoms with Crippen molar-refractivity contribution < 1.29 is 0 Å². The molecule has 0 bridgehead atoms. The van der Waals surface area contributed by atoms with E-state index in [0.29, 0.717) is 5.88 Å². The van der Waals surface area contributed by atoms with Gasteiger partial charge in [0.1, 0.15) is 5.69 Å². The fourth-order valence-electron chi connectivity index (χ4n) is 0.956. The predicted octanol–water partition coefficient (Wildman–Crippen LogP) is 1.12. The molecule has 0 aliphatic carbocycles. The highest BCUT2D eigenvalue weighted by atomic mass is 35.5. The van der Waals surface area contributed by atoms with Crippen molar-refractivity contribution in [3.8, 4) is 0 Å². The van der Waals surface area contributed by atoms with E-state index < -0.39 is 0 Å². The standard InChI is InChI=1S/C6H10ClN3/c1-3-6-5(4-7)8-9-10(6)2/h3-4H2,1-2H3. The topological polar surface area (TPSA) is 30.7 Å². The number of alkyl halides is 1. The summed E-state index contributed by atoms with van der Waals surface area (Å²) < 4.78 is 1.76. The minimum Gasteiger partial charge on any atom is -0.252 e. The average molecular weight is 160 g/mol.